The minimum Gasteiger partial charge on any atom is -0.508 e. The minimum atomic E-state index is -0.537. The number of esters is 3. The topological polar surface area (TPSA) is 99.1 Å². The maximum absolute atomic E-state index is 11.8. The second-order valence-corrected chi connectivity index (χ2v) is 9.45. The van der Waals surface area contributed by atoms with Gasteiger partial charge >= 0.3 is 17.9 Å². The molecule has 1 N–H and O–H groups in total. The Morgan fingerprint density at radius 2 is 1.75 bits per heavy atom. The van der Waals surface area contributed by atoms with E-state index in [0.29, 0.717) is 6.42 Å². The summed E-state index contributed by atoms with van der Waals surface area (Å²) in [5.41, 5.74) is 0.325. The summed E-state index contributed by atoms with van der Waals surface area (Å²) in [7, 11) is 0. The lowest BCUT2D eigenvalue weighted by Gasteiger charge is -2.59. The lowest BCUT2D eigenvalue weighted by atomic mass is 9.46. The summed E-state index contributed by atoms with van der Waals surface area (Å²) in [6.45, 7) is 12.8. The number of hydrogen-bond acceptors (Lipinski definition) is 7. The third-order valence-electron chi connectivity index (χ3n) is 7.11. The highest BCUT2D eigenvalue weighted by molar-refractivity contribution is 5.67. The molecule has 0 amide bonds. The lowest BCUT2D eigenvalue weighted by Crippen LogP contribution is -2.58. The fourth-order valence-electron chi connectivity index (χ4n) is 5.61. The molecular weight excluding hydrogens is 412 g/mol. The van der Waals surface area contributed by atoms with Crippen LogP contribution < -0.4 is 0 Å². The molecule has 0 aromatic carbocycles. The van der Waals surface area contributed by atoms with Gasteiger partial charge in [-0.2, -0.15) is 0 Å². The molecule has 7 heteroatoms. The molecule has 2 rings (SSSR count). The van der Waals surface area contributed by atoms with E-state index in [-0.39, 0.29) is 54.3 Å². The number of carbonyl (C=O) groups is 3. The van der Waals surface area contributed by atoms with Gasteiger partial charge in [-0.25, -0.2) is 0 Å². The summed E-state index contributed by atoms with van der Waals surface area (Å²) >= 11 is 0. The van der Waals surface area contributed by atoms with E-state index in [1.807, 2.05) is 13.0 Å². The zero-order valence-electron chi connectivity index (χ0n) is 19.8. The van der Waals surface area contributed by atoms with E-state index in [9.17, 15) is 19.5 Å². The van der Waals surface area contributed by atoms with Gasteiger partial charge in [-0.05, 0) is 49.2 Å². The van der Waals surface area contributed by atoms with Gasteiger partial charge in [0.25, 0.3) is 0 Å². The smallest absolute Gasteiger partial charge is 0.302 e. The summed E-state index contributed by atoms with van der Waals surface area (Å²) in [5.74, 6) is -1.00. The second-order valence-electron chi connectivity index (χ2n) is 9.45. The van der Waals surface area contributed by atoms with E-state index in [4.69, 9.17) is 14.2 Å². The van der Waals surface area contributed by atoms with Crippen LogP contribution in [0.1, 0.15) is 60.3 Å². The summed E-state index contributed by atoms with van der Waals surface area (Å²) in [6.07, 6.45) is 7.75. The normalized spacial score (nSPS) is 32.8. The van der Waals surface area contributed by atoms with Crippen LogP contribution in [-0.4, -0.2) is 42.3 Å². The van der Waals surface area contributed by atoms with E-state index in [1.165, 1.54) is 26.8 Å². The van der Waals surface area contributed by atoms with Gasteiger partial charge in [0.2, 0.25) is 0 Å². The van der Waals surface area contributed by atoms with E-state index >= 15 is 0 Å². The van der Waals surface area contributed by atoms with Crippen molar-refractivity contribution in [3.8, 4) is 0 Å². The van der Waals surface area contributed by atoms with Crippen LogP contribution >= 0.6 is 0 Å². The lowest BCUT2D eigenvalue weighted by molar-refractivity contribution is -0.189. The van der Waals surface area contributed by atoms with Crippen molar-refractivity contribution in [1.82, 2.24) is 0 Å². The van der Waals surface area contributed by atoms with E-state index < -0.39 is 11.4 Å². The van der Waals surface area contributed by atoms with Crippen molar-refractivity contribution in [2.24, 2.45) is 22.7 Å². The van der Waals surface area contributed by atoms with E-state index in [1.54, 1.807) is 6.08 Å². The van der Waals surface area contributed by atoms with Gasteiger partial charge in [-0.15, -0.1) is 0 Å². The van der Waals surface area contributed by atoms with Crippen LogP contribution in [0.25, 0.3) is 0 Å². The molecule has 1 unspecified atom stereocenters. The maximum Gasteiger partial charge on any atom is 0.302 e. The molecular formula is C25H36O7. The van der Waals surface area contributed by atoms with Crippen molar-refractivity contribution < 1.29 is 33.7 Å². The number of carbonyl (C=O) groups excluding carboxylic acids is 3. The molecule has 178 valence electrons. The maximum atomic E-state index is 11.8. The van der Waals surface area contributed by atoms with Crippen LogP contribution in [0.3, 0.4) is 0 Å². The van der Waals surface area contributed by atoms with Crippen molar-refractivity contribution in [3.05, 3.63) is 36.1 Å². The molecule has 5 atom stereocenters. The zero-order chi connectivity index (χ0) is 24.1. The van der Waals surface area contributed by atoms with Gasteiger partial charge < -0.3 is 19.3 Å². The Balaban J connectivity index is 2.33. The van der Waals surface area contributed by atoms with Crippen LogP contribution in [0.4, 0.5) is 0 Å². The fraction of sp³-hybridized carbons (Fsp3) is 0.640. The average molecular weight is 449 g/mol. The van der Waals surface area contributed by atoms with Crippen LogP contribution in [0.2, 0.25) is 0 Å². The number of fused-ring (bicyclic) bond motifs is 1. The molecule has 0 saturated heterocycles. The molecule has 2 aliphatic rings. The highest BCUT2D eigenvalue weighted by Gasteiger charge is 2.59. The Kier molecular flexibility index (Phi) is 8.32. The molecule has 0 aliphatic heterocycles. The molecule has 0 spiro atoms. The Hall–Kier alpha value is -2.57. The fourth-order valence-corrected chi connectivity index (χ4v) is 5.61. The van der Waals surface area contributed by atoms with Gasteiger partial charge in [0.15, 0.2) is 0 Å². The Bertz CT molecular complexity index is 811. The monoisotopic (exact) mass is 448 g/mol. The first-order valence-corrected chi connectivity index (χ1v) is 11.1. The van der Waals surface area contributed by atoms with Crippen molar-refractivity contribution in [1.29, 1.82) is 0 Å². The number of aliphatic hydroxyl groups is 1. The van der Waals surface area contributed by atoms with Gasteiger partial charge in [-0.3, -0.25) is 14.4 Å². The first kappa shape index (κ1) is 25.7. The number of rotatable bonds is 7. The average Bonchev–Trinajstić information content (AvgIpc) is 2.68. The number of hydrogen-bond donors (Lipinski definition) is 1. The Labute approximate surface area is 190 Å². The predicted octanol–water partition coefficient (Wildman–Crippen LogP) is 4.43. The second kappa shape index (κ2) is 10.4. The molecule has 2 saturated carbocycles. The molecule has 7 nitrogen and oxygen atoms in total. The summed E-state index contributed by atoms with van der Waals surface area (Å²) < 4.78 is 16.0. The number of aliphatic hydroxyl groups excluding tert-OH is 1. The summed E-state index contributed by atoms with van der Waals surface area (Å²) in [4.78, 5) is 34.3. The standard InChI is InChI=1S/C25H36O7/c1-16-7-10-22-24(5,21(16)9-8-20(29)12-14-30-17(2)26)13-11-23(32-19(4)28)25(22,6)15-31-18(3)27/h8-9,12,21-23,29H,1,7,10-11,13-15H2,2-6H3/b9-8+,20-12-/t21-,22?,23-,24+,25+/m1/s1. The van der Waals surface area contributed by atoms with Crippen LogP contribution in [0.15, 0.2) is 36.1 Å². The van der Waals surface area contributed by atoms with E-state index in [2.05, 4.69) is 13.5 Å². The van der Waals surface area contributed by atoms with Gasteiger partial charge in [0.05, 0.1) is 0 Å². The predicted molar refractivity (Wildman–Crippen MR) is 119 cm³/mol. The molecule has 0 bridgehead atoms. The van der Waals surface area contributed by atoms with Crippen LogP contribution in [-0.2, 0) is 28.6 Å². The van der Waals surface area contributed by atoms with Crippen molar-refractivity contribution in [3.63, 3.8) is 0 Å². The quantitative estimate of drug-likeness (QED) is 0.202. The molecule has 0 aromatic rings. The van der Waals surface area contributed by atoms with Gasteiger partial charge in [-0.1, -0.05) is 32.1 Å². The van der Waals surface area contributed by atoms with E-state index in [0.717, 1.165) is 24.8 Å². The molecule has 2 aliphatic carbocycles. The number of allylic oxidation sites excluding steroid dienone is 3. The highest BCUT2D eigenvalue weighted by atomic mass is 16.6. The third-order valence-corrected chi connectivity index (χ3v) is 7.11. The summed E-state index contributed by atoms with van der Waals surface area (Å²) in [5, 5.41) is 10.2. The highest BCUT2D eigenvalue weighted by Crippen LogP contribution is 2.62. The van der Waals surface area contributed by atoms with Gasteiger partial charge in [0, 0.05) is 32.1 Å². The minimum absolute atomic E-state index is 0.00152. The largest absolute Gasteiger partial charge is 0.508 e. The molecule has 2 fully saturated rings. The van der Waals surface area contributed by atoms with Crippen LogP contribution in [0.5, 0.6) is 0 Å². The number of ether oxygens (including phenoxy) is 3. The molecule has 0 aromatic heterocycles. The van der Waals surface area contributed by atoms with Crippen molar-refractivity contribution in [2.45, 2.75) is 66.4 Å². The zero-order valence-corrected chi connectivity index (χ0v) is 19.8. The summed E-state index contributed by atoms with van der Waals surface area (Å²) in [6, 6.07) is 0. The molecule has 0 radical (unpaired) electrons. The van der Waals surface area contributed by atoms with Crippen molar-refractivity contribution >= 4 is 17.9 Å². The molecule has 0 heterocycles. The van der Waals surface area contributed by atoms with Crippen molar-refractivity contribution in [2.75, 3.05) is 13.2 Å². The molecule has 32 heavy (non-hydrogen) atoms. The van der Waals surface area contributed by atoms with Gasteiger partial charge in [0.1, 0.15) is 25.1 Å². The first-order chi connectivity index (χ1) is 14.9. The Morgan fingerprint density at radius 1 is 1.09 bits per heavy atom. The Morgan fingerprint density at radius 3 is 2.34 bits per heavy atom. The third kappa shape index (κ3) is 5.81. The SMILES string of the molecule is C=C1CCC2[C@](C)(COC(C)=O)[C@H](OC(C)=O)CC[C@@]2(C)[C@@H]1/C=C/C(O)=C/COC(C)=O. The van der Waals surface area contributed by atoms with Crippen LogP contribution in [0, 0.1) is 22.7 Å². The first-order valence-electron chi connectivity index (χ1n) is 11.1.